The average Bonchev–Trinajstić information content (AvgIpc) is 3.26. The van der Waals surface area contributed by atoms with Crippen molar-refractivity contribution in [2.75, 3.05) is 13.1 Å². The zero-order valence-electron chi connectivity index (χ0n) is 13.7. The van der Waals surface area contributed by atoms with Gasteiger partial charge in [-0.1, -0.05) is 0 Å². The van der Waals surface area contributed by atoms with Crippen LogP contribution in [0, 0.1) is 5.82 Å². The molecule has 1 amide bonds. The zero-order valence-corrected chi connectivity index (χ0v) is 14.5. The molecule has 0 saturated carbocycles. The van der Waals surface area contributed by atoms with E-state index >= 15 is 0 Å². The number of benzene rings is 1. The van der Waals surface area contributed by atoms with Crippen molar-refractivity contribution in [1.29, 1.82) is 0 Å². The zero-order chi connectivity index (χ0) is 17.3. The molecule has 24 heavy (non-hydrogen) atoms. The SMILES string of the molecule is CC(C)(C(=O)N1CCC(S(=O)c2ccc(F)cc2)C1)n1cccn1. The highest BCUT2D eigenvalue weighted by Gasteiger charge is 2.39. The van der Waals surface area contributed by atoms with Gasteiger partial charge in [0.15, 0.2) is 0 Å². The van der Waals surface area contributed by atoms with Gasteiger partial charge in [0.2, 0.25) is 5.91 Å². The maximum Gasteiger partial charge on any atom is 0.250 e. The van der Waals surface area contributed by atoms with Gasteiger partial charge in [-0.3, -0.25) is 13.7 Å². The van der Waals surface area contributed by atoms with Gasteiger partial charge in [-0.05, 0) is 50.6 Å². The van der Waals surface area contributed by atoms with Crippen LogP contribution in [0.15, 0.2) is 47.6 Å². The van der Waals surface area contributed by atoms with Gasteiger partial charge < -0.3 is 4.90 Å². The monoisotopic (exact) mass is 349 g/mol. The Balaban J connectivity index is 1.70. The fraction of sp³-hybridized carbons (Fsp3) is 0.412. The minimum absolute atomic E-state index is 0.0372. The van der Waals surface area contributed by atoms with Crippen LogP contribution >= 0.6 is 0 Å². The smallest absolute Gasteiger partial charge is 0.250 e. The van der Waals surface area contributed by atoms with Gasteiger partial charge in [-0.25, -0.2) is 4.39 Å². The fourth-order valence-electron chi connectivity index (χ4n) is 2.93. The Bertz CT molecular complexity index is 744. The first-order valence-electron chi connectivity index (χ1n) is 7.85. The molecule has 3 rings (SSSR count). The minimum Gasteiger partial charge on any atom is -0.339 e. The topological polar surface area (TPSA) is 55.2 Å². The van der Waals surface area contributed by atoms with Gasteiger partial charge in [-0.2, -0.15) is 5.10 Å². The van der Waals surface area contributed by atoms with E-state index in [0.717, 1.165) is 0 Å². The van der Waals surface area contributed by atoms with Crippen LogP contribution in [0.3, 0.4) is 0 Å². The third kappa shape index (κ3) is 3.13. The standard InChI is InChI=1S/C17H20FN3O2S/c1-17(2,21-10-3-9-19-21)16(22)20-11-8-15(12-20)24(23)14-6-4-13(18)5-7-14/h3-7,9-10,15H,8,11-12H2,1-2H3. The molecule has 1 saturated heterocycles. The van der Waals surface area contributed by atoms with E-state index in [-0.39, 0.29) is 17.0 Å². The first-order chi connectivity index (χ1) is 11.4. The van der Waals surface area contributed by atoms with E-state index in [2.05, 4.69) is 5.10 Å². The lowest BCUT2D eigenvalue weighted by molar-refractivity contribution is -0.138. The molecule has 0 aliphatic carbocycles. The predicted octanol–water partition coefficient (Wildman–Crippen LogP) is 2.17. The Hall–Kier alpha value is -2.02. The number of hydrogen-bond donors (Lipinski definition) is 0. The third-order valence-corrected chi connectivity index (χ3v) is 6.11. The Labute approximate surface area is 142 Å². The number of aromatic nitrogens is 2. The van der Waals surface area contributed by atoms with E-state index in [0.29, 0.717) is 24.4 Å². The highest BCUT2D eigenvalue weighted by atomic mass is 32.2. The number of carbonyl (C=O) groups is 1. The summed E-state index contributed by atoms with van der Waals surface area (Å²) < 4.78 is 27.3. The number of halogens is 1. The summed E-state index contributed by atoms with van der Waals surface area (Å²) in [7, 11) is -1.25. The molecule has 7 heteroatoms. The molecule has 1 aliphatic heterocycles. The van der Waals surface area contributed by atoms with Gasteiger partial charge in [-0.15, -0.1) is 0 Å². The first-order valence-corrected chi connectivity index (χ1v) is 9.06. The van der Waals surface area contributed by atoms with Crippen LogP contribution in [-0.4, -0.2) is 43.1 Å². The molecule has 5 nitrogen and oxygen atoms in total. The molecule has 2 unspecified atom stereocenters. The van der Waals surface area contributed by atoms with Crippen molar-refractivity contribution in [3.8, 4) is 0 Å². The summed E-state index contributed by atoms with van der Waals surface area (Å²) in [6.45, 7) is 4.66. The summed E-state index contributed by atoms with van der Waals surface area (Å²) in [6.07, 6.45) is 4.08. The van der Waals surface area contributed by atoms with E-state index in [1.165, 1.54) is 12.1 Å². The molecule has 1 aromatic heterocycles. The highest BCUT2D eigenvalue weighted by Crippen LogP contribution is 2.25. The first kappa shape index (κ1) is 16.8. The average molecular weight is 349 g/mol. The molecule has 0 radical (unpaired) electrons. The Morgan fingerprint density at radius 3 is 2.67 bits per heavy atom. The predicted molar refractivity (Wildman–Crippen MR) is 89.3 cm³/mol. The Morgan fingerprint density at radius 1 is 1.33 bits per heavy atom. The molecule has 0 N–H and O–H groups in total. The van der Waals surface area contributed by atoms with Crippen molar-refractivity contribution in [3.63, 3.8) is 0 Å². The molecule has 0 spiro atoms. The second kappa shape index (κ2) is 6.47. The van der Waals surface area contributed by atoms with E-state index in [1.54, 1.807) is 40.2 Å². The van der Waals surface area contributed by atoms with Crippen LogP contribution in [-0.2, 0) is 21.1 Å². The maximum absolute atomic E-state index is 13.0. The molecule has 1 aromatic carbocycles. The largest absolute Gasteiger partial charge is 0.339 e. The van der Waals surface area contributed by atoms with Crippen LogP contribution in [0.2, 0.25) is 0 Å². The van der Waals surface area contributed by atoms with Crippen molar-refractivity contribution >= 4 is 16.7 Å². The van der Waals surface area contributed by atoms with Crippen LogP contribution in [0.4, 0.5) is 4.39 Å². The van der Waals surface area contributed by atoms with Gasteiger partial charge >= 0.3 is 0 Å². The Morgan fingerprint density at radius 2 is 2.04 bits per heavy atom. The lowest BCUT2D eigenvalue weighted by Crippen LogP contribution is -2.46. The molecule has 2 aromatic rings. The molecule has 1 aliphatic rings. The van der Waals surface area contributed by atoms with E-state index in [9.17, 15) is 13.4 Å². The van der Waals surface area contributed by atoms with Crippen molar-refractivity contribution < 1.29 is 13.4 Å². The molecular formula is C17H20FN3O2S. The quantitative estimate of drug-likeness (QED) is 0.850. The summed E-state index contributed by atoms with van der Waals surface area (Å²) in [4.78, 5) is 15.2. The summed E-state index contributed by atoms with van der Waals surface area (Å²) >= 11 is 0. The van der Waals surface area contributed by atoms with Crippen LogP contribution in [0.25, 0.3) is 0 Å². The molecule has 0 bridgehead atoms. The van der Waals surface area contributed by atoms with Crippen molar-refractivity contribution in [2.45, 2.75) is 36.0 Å². The molecule has 128 valence electrons. The number of amides is 1. The Kier molecular flexibility index (Phi) is 4.54. The summed E-state index contributed by atoms with van der Waals surface area (Å²) in [5.41, 5.74) is -0.782. The van der Waals surface area contributed by atoms with Crippen LogP contribution in [0.5, 0.6) is 0 Å². The highest BCUT2D eigenvalue weighted by molar-refractivity contribution is 7.85. The van der Waals surface area contributed by atoms with E-state index in [4.69, 9.17) is 0 Å². The lowest BCUT2D eigenvalue weighted by Gasteiger charge is -2.29. The summed E-state index contributed by atoms with van der Waals surface area (Å²) in [5.74, 6) is -0.384. The second-order valence-electron chi connectivity index (χ2n) is 6.42. The molecule has 1 fully saturated rings. The second-order valence-corrected chi connectivity index (χ2v) is 8.16. The lowest BCUT2D eigenvalue weighted by atomic mass is 10.0. The van der Waals surface area contributed by atoms with Gasteiger partial charge in [0.25, 0.3) is 0 Å². The van der Waals surface area contributed by atoms with Crippen LogP contribution in [0.1, 0.15) is 20.3 Å². The number of nitrogens with zero attached hydrogens (tertiary/aromatic N) is 3. The minimum atomic E-state index is -1.25. The third-order valence-electron chi connectivity index (χ3n) is 4.38. The number of hydrogen-bond acceptors (Lipinski definition) is 3. The van der Waals surface area contributed by atoms with Gasteiger partial charge in [0.05, 0.1) is 16.0 Å². The number of rotatable bonds is 4. The van der Waals surface area contributed by atoms with Gasteiger partial charge in [0.1, 0.15) is 11.4 Å². The fourth-order valence-corrected chi connectivity index (χ4v) is 4.36. The summed E-state index contributed by atoms with van der Waals surface area (Å²) in [6, 6.07) is 7.50. The van der Waals surface area contributed by atoms with E-state index in [1.807, 2.05) is 13.8 Å². The normalized spacial score (nSPS) is 19.5. The molecule has 2 heterocycles. The van der Waals surface area contributed by atoms with Crippen molar-refractivity contribution in [3.05, 3.63) is 48.5 Å². The van der Waals surface area contributed by atoms with E-state index < -0.39 is 16.3 Å². The molecular weight excluding hydrogens is 329 g/mol. The van der Waals surface area contributed by atoms with Crippen molar-refractivity contribution in [2.24, 2.45) is 0 Å². The maximum atomic E-state index is 13.0. The van der Waals surface area contributed by atoms with Crippen LogP contribution < -0.4 is 0 Å². The number of likely N-dealkylation sites (tertiary alicyclic amines) is 1. The molecule has 2 atom stereocenters. The number of carbonyl (C=O) groups excluding carboxylic acids is 1. The summed E-state index contributed by atoms with van der Waals surface area (Å²) in [5, 5.41) is 4.03. The van der Waals surface area contributed by atoms with Crippen molar-refractivity contribution in [1.82, 2.24) is 14.7 Å². The van der Waals surface area contributed by atoms with Gasteiger partial charge in [0, 0.05) is 30.4 Å².